The average Bonchev–Trinajstić information content (AvgIpc) is 2.91. The van der Waals surface area contributed by atoms with Crippen LogP contribution in [-0.4, -0.2) is 30.2 Å². The molecule has 1 aromatic heterocycles. The molecule has 0 radical (unpaired) electrons. The molecule has 0 aliphatic rings. The van der Waals surface area contributed by atoms with Crippen LogP contribution < -0.4 is 22.1 Å². The molecule has 3 amide bonds. The number of aliphatic hydroxyl groups excluding tert-OH is 1. The van der Waals surface area contributed by atoms with Gasteiger partial charge in [-0.15, -0.1) is 11.3 Å². The number of rotatable bonds is 7. The smallest absolute Gasteiger partial charge is 0.317 e. The minimum atomic E-state index is -0.744. The van der Waals surface area contributed by atoms with E-state index in [9.17, 15) is 9.59 Å². The van der Waals surface area contributed by atoms with Gasteiger partial charge in [-0.2, -0.15) is 0 Å². The zero-order chi connectivity index (χ0) is 16.8. The molecule has 0 fully saturated rings. The van der Waals surface area contributed by atoms with Crippen molar-refractivity contribution >= 4 is 28.3 Å². The molecule has 23 heavy (non-hydrogen) atoms. The van der Waals surface area contributed by atoms with Gasteiger partial charge in [-0.3, -0.25) is 10.1 Å². The lowest BCUT2D eigenvalue weighted by atomic mass is 10.1. The summed E-state index contributed by atoms with van der Waals surface area (Å²) in [5.41, 5.74) is 12.6. The molecular formula is C15H18N4O3S. The Balaban J connectivity index is 2.20. The molecule has 0 bridgehead atoms. The van der Waals surface area contributed by atoms with Crippen molar-refractivity contribution in [1.82, 2.24) is 5.32 Å². The van der Waals surface area contributed by atoms with E-state index in [4.69, 9.17) is 16.6 Å². The minimum Gasteiger partial charge on any atom is -0.395 e. The fourth-order valence-corrected chi connectivity index (χ4v) is 3.09. The highest BCUT2D eigenvalue weighted by Gasteiger charge is 2.15. The quantitative estimate of drug-likeness (QED) is 0.485. The van der Waals surface area contributed by atoms with Gasteiger partial charge in [0.2, 0.25) is 0 Å². The van der Waals surface area contributed by atoms with Crippen molar-refractivity contribution in [3.63, 3.8) is 0 Å². The number of carbonyl (C=O) groups excluding carboxylic acids is 2. The maximum absolute atomic E-state index is 11.5. The van der Waals surface area contributed by atoms with E-state index in [1.165, 1.54) is 11.3 Å². The van der Waals surface area contributed by atoms with Crippen LogP contribution in [-0.2, 0) is 6.54 Å². The first-order valence-corrected chi connectivity index (χ1v) is 7.74. The van der Waals surface area contributed by atoms with E-state index in [2.05, 4.69) is 10.6 Å². The Morgan fingerprint density at radius 2 is 1.87 bits per heavy atom. The van der Waals surface area contributed by atoms with Gasteiger partial charge in [0, 0.05) is 18.0 Å². The molecule has 0 saturated carbocycles. The molecule has 2 rings (SSSR count). The molecule has 1 aromatic carbocycles. The summed E-state index contributed by atoms with van der Waals surface area (Å²) in [6.45, 7) is 1.29. The highest BCUT2D eigenvalue weighted by atomic mass is 32.1. The lowest BCUT2D eigenvalue weighted by molar-refractivity contribution is 0.100. The molecule has 0 spiro atoms. The Morgan fingerprint density at radius 1 is 1.17 bits per heavy atom. The number of anilines is 1. The third kappa shape index (κ3) is 4.52. The van der Waals surface area contributed by atoms with E-state index < -0.39 is 11.9 Å². The Labute approximate surface area is 137 Å². The summed E-state index contributed by atoms with van der Waals surface area (Å²) in [5.74, 6) is -0.624. The molecule has 1 heterocycles. The Bertz CT molecular complexity index is 697. The fraction of sp³-hybridized carbons (Fsp3) is 0.200. The maximum Gasteiger partial charge on any atom is 0.317 e. The van der Waals surface area contributed by atoms with Gasteiger partial charge in [0.25, 0.3) is 5.91 Å². The molecular weight excluding hydrogens is 316 g/mol. The molecule has 0 saturated heterocycles. The van der Waals surface area contributed by atoms with Gasteiger partial charge >= 0.3 is 6.03 Å². The number of amides is 3. The lowest BCUT2D eigenvalue weighted by Crippen LogP contribution is -2.21. The zero-order valence-corrected chi connectivity index (χ0v) is 13.2. The van der Waals surface area contributed by atoms with Gasteiger partial charge < -0.3 is 21.9 Å². The highest BCUT2D eigenvalue weighted by Crippen LogP contribution is 2.35. The molecule has 2 aromatic rings. The van der Waals surface area contributed by atoms with Gasteiger partial charge in [0.05, 0.1) is 12.2 Å². The second-order valence-electron chi connectivity index (χ2n) is 4.80. The van der Waals surface area contributed by atoms with Crippen LogP contribution in [0.4, 0.5) is 9.80 Å². The fourth-order valence-electron chi connectivity index (χ4n) is 2.02. The summed E-state index contributed by atoms with van der Waals surface area (Å²) in [7, 11) is 0. The number of urea groups is 1. The van der Waals surface area contributed by atoms with Gasteiger partial charge in [0.15, 0.2) is 0 Å². The average molecular weight is 334 g/mol. The molecule has 8 heteroatoms. The number of nitrogens with two attached hydrogens (primary N) is 2. The summed E-state index contributed by atoms with van der Waals surface area (Å²) < 4.78 is 0. The first-order chi connectivity index (χ1) is 11.0. The second-order valence-corrected chi connectivity index (χ2v) is 5.86. The minimum absolute atomic E-state index is 0.0960. The van der Waals surface area contributed by atoms with Crippen molar-refractivity contribution in [2.45, 2.75) is 6.54 Å². The van der Waals surface area contributed by atoms with Gasteiger partial charge in [-0.25, -0.2) is 4.79 Å². The van der Waals surface area contributed by atoms with E-state index in [0.29, 0.717) is 18.1 Å². The largest absolute Gasteiger partial charge is 0.395 e. The van der Waals surface area contributed by atoms with E-state index in [-0.39, 0.29) is 12.2 Å². The van der Waals surface area contributed by atoms with Gasteiger partial charge in [-0.05, 0) is 17.2 Å². The number of thiophene rings is 1. The number of hydrogen-bond acceptors (Lipinski definition) is 5. The van der Waals surface area contributed by atoms with Crippen molar-refractivity contribution < 1.29 is 14.7 Å². The Kier molecular flexibility index (Phi) is 5.69. The predicted molar refractivity (Wildman–Crippen MR) is 90.3 cm³/mol. The van der Waals surface area contributed by atoms with Gasteiger partial charge in [-0.1, -0.05) is 24.3 Å². The van der Waals surface area contributed by atoms with Crippen molar-refractivity contribution in [1.29, 1.82) is 0 Å². The number of hydrogen-bond donors (Lipinski definition) is 5. The highest BCUT2D eigenvalue weighted by molar-refractivity contribution is 7.20. The molecule has 0 aliphatic carbocycles. The standard InChI is InChI=1S/C15H18N4O3S/c16-13(21)11-7-12(23-14(11)19-15(17)22)10-3-1-9(2-4-10)8-18-5-6-20/h1-4,7,18,20H,5-6,8H2,(H2,16,21)(H3,17,19,22). The van der Waals surface area contributed by atoms with Crippen molar-refractivity contribution in [3.8, 4) is 10.4 Å². The van der Waals surface area contributed by atoms with E-state index in [1.54, 1.807) is 6.07 Å². The first-order valence-electron chi connectivity index (χ1n) is 6.92. The molecule has 0 atom stereocenters. The summed E-state index contributed by atoms with van der Waals surface area (Å²) in [4.78, 5) is 23.3. The van der Waals surface area contributed by atoms with Crippen LogP contribution in [0.25, 0.3) is 10.4 Å². The predicted octanol–water partition coefficient (Wildman–Crippen LogP) is 1.09. The Hall–Kier alpha value is -2.42. The van der Waals surface area contributed by atoms with Crippen molar-refractivity contribution in [2.75, 3.05) is 18.5 Å². The monoisotopic (exact) mass is 334 g/mol. The molecule has 0 unspecified atom stereocenters. The number of nitrogens with one attached hydrogen (secondary N) is 2. The first kappa shape index (κ1) is 16.9. The third-order valence-corrected chi connectivity index (χ3v) is 4.19. The normalized spacial score (nSPS) is 10.5. The van der Waals surface area contributed by atoms with Crippen molar-refractivity contribution in [2.24, 2.45) is 11.5 Å². The van der Waals surface area contributed by atoms with Crippen LogP contribution in [0, 0.1) is 0 Å². The molecule has 7 N–H and O–H groups in total. The topological polar surface area (TPSA) is 130 Å². The number of primary amides is 2. The van der Waals surface area contributed by atoms with Crippen LogP contribution in [0.15, 0.2) is 30.3 Å². The summed E-state index contributed by atoms with van der Waals surface area (Å²) in [6.07, 6.45) is 0. The maximum atomic E-state index is 11.5. The SMILES string of the molecule is NC(=O)Nc1sc(-c2ccc(CNCCO)cc2)cc1C(N)=O. The van der Waals surface area contributed by atoms with E-state index >= 15 is 0 Å². The summed E-state index contributed by atoms with van der Waals surface area (Å²) in [6, 6.07) is 8.62. The molecule has 0 aliphatic heterocycles. The Morgan fingerprint density at radius 3 is 2.43 bits per heavy atom. The van der Waals surface area contributed by atoms with E-state index in [1.807, 2.05) is 24.3 Å². The number of carbonyl (C=O) groups is 2. The third-order valence-electron chi connectivity index (χ3n) is 3.09. The van der Waals surface area contributed by atoms with Crippen LogP contribution in [0.5, 0.6) is 0 Å². The number of benzene rings is 1. The second kappa shape index (κ2) is 7.73. The van der Waals surface area contributed by atoms with Crippen LogP contribution in [0.1, 0.15) is 15.9 Å². The van der Waals surface area contributed by atoms with Gasteiger partial charge in [0.1, 0.15) is 5.00 Å². The van der Waals surface area contributed by atoms with Crippen molar-refractivity contribution in [3.05, 3.63) is 41.5 Å². The van der Waals surface area contributed by atoms with Crippen LogP contribution >= 0.6 is 11.3 Å². The molecule has 122 valence electrons. The van der Waals surface area contributed by atoms with Crippen LogP contribution in [0.3, 0.4) is 0 Å². The number of aliphatic hydroxyl groups is 1. The zero-order valence-electron chi connectivity index (χ0n) is 12.3. The van der Waals surface area contributed by atoms with E-state index in [0.717, 1.165) is 16.0 Å². The molecule has 7 nitrogen and oxygen atoms in total. The summed E-state index contributed by atoms with van der Waals surface area (Å²) >= 11 is 1.24. The van der Waals surface area contributed by atoms with Crippen LogP contribution in [0.2, 0.25) is 0 Å². The summed E-state index contributed by atoms with van der Waals surface area (Å²) in [5, 5.41) is 14.6. The lowest BCUT2D eigenvalue weighted by Gasteiger charge is -2.04.